The Bertz CT molecular complexity index is 589. The van der Waals surface area contributed by atoms with Gasteiger partial charge in [0.25, 0.3) is 0 Å². The molecule has 1 fully saturated rings. The average molecular weight is 271 g/mol. The van der Waals surface area contributed by atoms with Crippen molar-refractivity contribution in [3.8, 4) is 0 Å². The maximum absolute atomic E-state index is 5.79. The molecule has 1 unspecified atom stereocenters. The number of hydrogen-bond acceptors (Lipinski definition) is 3. The summed E-state index contributed by atoms with van der Waals surface area (Å²) in [5, 5.41) is 6.07. The predicted octanol–water partition coefficient (Wildman–Crippen LogP) is 3.08. The largest absolute Gasteiger partial charge is 0.348 e. The first-order valence-electron chi connectivity index (χ1n) is 7.13. The second kappa shape index (κ2) is 5.52. The summed E-state index contributed by atoms with van der Waals surface area (Å²) in [6.07, 6.45) is 0.139. The molecule has 1 saturated heterocycles. The van der Waals surface area contributed by atoms with E-state index in [0.717, 1.165) is 13.1 Å². The van der Waals surface area contributed by atoms with Crippen LogP contribution < -0.4 is 5.32 Å². The molecule has 0 aliphatic carbocycles. The zero-order chi connectivity index (χ0) is 14.0. The maximum atomic E-state index is 5.79. The Morgan fingerprint density at radius 3 is 2.75 bits per heavy atom. The number of nitrogens with one attached hydrogen (secondary N) is 1. The van der Waals surface area contributed by atoms with E-state index in [1.807, 2.05) is 13.8 Å². The van der Waals surface area contributed by atoms with Gasteiger partial charge in [0.05, 0.1) is 12.7 Å². The normalized spacial score (nSPS) is 21.4. The van der Waals surface area contributed by atoms with Crippen molar-refractivity contribution in [3.05, 3.63) is 48.0 Å². The van der Waals surface area contributed by atoms with E-state index in [0.29, 0.717) is 6.61 Å². The molecule has 3 nitrogen and oxygen atoms in total. The Hall–Kier alpha value is -1.42. The highest BCUT2D eigenvalue weighted by Crippen LogP contribution is 2.22. The molecular formula is C17H21NO2. The third-order valence-electron chi connectivity index (χ3n) is 3.63. The SMILES string of the molecule is CC1(C)OCC(CNCc2cccc3ccccc23)O1. The van der Waals surface area contributed by atoms with Gasteiger partial charge in [-0.2, -0.15) is 0 Å². The van der Waals surface area contributed by atoms with Crippen molar-refractivity contribution >= 4 is 10.8 Å². The van der Waals surface area contributed by atoms with Gasteiger partial charge < -0.3 is 14.8 Å². The van der Waals surface area contributed by atoms with E-state index in [9.17, 15) is 0 Å². The number of benzene rings is 2. The standard InChI is InChI=1S/C17H21NO2/c1-17(2)19-12-15(20-17)11-18-10-14-8-5-7-13-6-3-4-9-16(13)14/h3-9,15,18H,10-12H2,1-2H3. The van der Waals surface area contributed by atoms with Crippen LogP contribution in [0.2, 0.25) is 0 Å². The van der Waals surface area contributed by atoms with E-state index in [-0.39, 0.29) is 6.10 Å². The molecule has 2 aromatic carbocycles. The molecule has 1 atom stereocenters. The highest BCUT2D eigenvalue weighted by molar-refractivity contribution is 5.85. The number of hydrogen-bond donors (Lipinski definition) is 1. The summed E-state index contributed by atoms with van der Waals surface area (Å²) in [6.45, 7) is 6.24. The first-order chi connectivity index (χ1) is 9.64. The summed E-state index contributed by atoms with van der Waals surface area (Å²) in [7, 11) is 0. The molecule has 2 aromatic rings. The summed E-state index contributed by atoms with van der Waals surface area (Å²) in [6, 6.07) is 14.9. The quantitative estimate of drug-likeness (QED) is 0.927. The second-order valence-corrected chi connectivity index (χ2v) is 5.72. The Labute approximate surface area is 119 Å². The lowest BCUT2D eigenvalue weighted by Gasteiger charge is -2.17. The fourth-order valence-corrected chi connectivity index (χ4v) is 2.68. The lowest BCUT2D eigenvalue weighted by Crippen LogP contribution is -2.30. The van der Waals surface area contributed by atoms with Crippen LogP contribution >= 0.6 is 0 Å². The van der Waals surface area contributed by atoms with Gasteiger partial charge in [0.2, 0.25) is 0 Å². The highest BCUT2D eigenvalue weighted by atomic mass is 16.7. The van der Waals surface area contributed by atoms with E-state index in [1.54, 1.807) is 0 Å². The minimum Gasteiger partial charge on any atom is -0.348 e. The molecule has 1 aliphatic rings. The van der Waals surface area contributed by atoms with Crippen molar-refractivity contribution in [2.24, 2.45) is 0 Å². The molecule has 3 heteroatoms. The molecule has 1 heterocycles. The van der Waals surface area contributed by atoms with Crippen molar-refractivity contribution in [1.82, 2.24) is 5.32 Å². The lowest BCUT2D eigenvalue weighted by atomic mass is 10.0. The maximum Gasteiger partial charge on any atom is 0.163 e. The predicted molar refractivity (Wildman–Crippen MR) is 80.6 cm³/mol. The van der Waals surface area contributed by atoms with Crippen LogP contribution in [0.15, 0.2) is 42.5 Å². The van der Waals surface area contributed by atoms with Crippen LogP contribution in [-0.4, -0.2) is 25.0 Å². The van der Waals surface area contributed by atoms with Gasteiger partial charge in [0.1, 0.15) is 0 Å². The van der Waals surface area contributed by atoms with E-state index in [1.165, 1.54) is 16.3 Å². The van der Waals surface area contributed by atoms with Crippen LogP contribution in [0.1, 0.15) is 19.4 Å². The zero-order valence-electron chi connectivity index (χ0n) is 12.1. The fourth-order valence-electron chi connectivity index (χ4n) is 2.68. The molecule has 0 amide bonds. The molecule has 0 bridgehead atoms. The van der Waals surface area contributed by atoms with Gasteiger partial charge in [0, 0.05) is 13.1 Å². The van der Waals surface area contributed by atoms with E-state index < -0.39 is 5.79 Å². The third-order valence-corrected chi connectivity index (χ3v) is 3.63. The van der Waals surface area contributed by atoms with E-state index >= 15 is 0 Å². The number of fused-ring (bicyclic) bond motifs is 1. The van der Waals surface area contributed by atoms with Crippen molar-refractivity contribution < 1.29 is 9.47 Å². The Kier molecular flexibility index (Phi) is 3.74. The minimum atomic E-state index is -0.439. The van der Waals surface area contributed by atoms with Crippen molar-refractivity contribution in [2.45, 2.75) is 32.3 Å². The van der Waals surface area contributed by atoms with Gasteiger partial charge in [-0.3, -0.25) is 0 Å². The van der Waals surface area contributed by atoms with Gasteiger partial charge in [-0.25, -0.2) is 0 Å². The molecular weight excluding hydrogens is 250 g/mol. The summed E-state index contributed by atoms with van der Waals surface area (Å²) in [5.74, 6) is -0.439. The smallest absolute Gasteiger partial charge is 0.163 e. The summed E-state index contributed by atoms with van der Waals surface area (Å²) in [5.41, 5.74) is 1.32. The monoisotopic (exact) mass is 271 g/mol. The molecule has 20 heavy (non-hydrogen) atoms. The molecule has 1 aliphatic heterocycles. The Morgan fingerprint density at radius 2 is 1.95 bits per heavy atom. The van der Waals surface area contributed by atoms with Gasteiger partial charge in [-0.05, 0) is 30.2 Å². The highest BCUT2D eigenvalue weighted by Gasteiger charge is 2.32. The second-order valence-electron chi connectivity index (χ2n) is 5.72. The zero-order valence-corrected chi connectivity index (χ0v) is 12.1. The summed E-state index contributed by atoms with van der Waals surface area (Å²) in [4.78, 5) is 0. The molecule has 0 saturated carbocycles. The van der Waals surface area contributed by atoms with Crippen molar-refractivity contribution in [2.75, 3.05) is 13.2 Å². The fraction of sp³-hybridized carbons (Fsp3) is 0.412. The van der Waals surface area contributed by atoms with Crippen LogP contribution in [-0.2, 0) is 16.0 Å². The number of ether oxygens (including phenoxy) is 2. The first kappa shape index (κ1) is 13.6. The van der Waals surface area contributed by atoms with E-state index in [4.69, 9.17) is 9.47 Å². The van der Waals surface area contributed by atoms with Crippen LogP contribution in [0.3, 0.4) is 0 Å². The average Bonchev–Trinajstić information content (AvgIpc) is 2.79. The van der Waals surface area contributed by atoms with Gasteiger partial charge >= 0.3 is 0 Å². The van der Waals surface area contributed by atoms with E-state index in [2.05, 4.69) is 47.8 Å². The molecule has 1 N–H and O–H groups in total. The molecule has 0 radical (unpaired) electrons. The van der Waals surface area contributed by atoms with Crippen LogP contribution in [0.5, 0.6) is 0 Å². The molecule has 106 valence electrons. The Morgan fingerprint density at radius 1 is 1.15 bits per heavy atom. The Balaban J connectivity index is 1.61. The first-order valence-corrected chi connectivity index (χ1v) is 7.13. The van der Waals surface area contributed by atoms with Crippen LogP contribution in [0, 0.1) is 0 Å². The van der Waals surface area contributed by atoms with Gasteiger partial charge in [-0.1, -0.05) is 42.5 Å². The number of rotatable bonds is 4. The molecule has 3 rings (SSSR count). The van der Waals surface area contributed by atoms with Crippen molar-refractivity contribution in [1.29, 1.82) is 0 Å². The summed E-state index contributed by atoms with van der Waals surface area (Å²) >= 11 is 0. The van der Waals surface area contributed by atoms with Crippen LogP contribution in [0.4, 0.5) is 0 Å². The molecule has 0 aromatic heterocycles. The lowest BCUT2D eigenvalue weighted by molar-refractivity contribution is -0.137. The third kappa shape index (κ3) is 3.01. The van der Waals surface area contributed by atoms with Gasteiger partial charge in [0.15, 0.2) is 5.79 Å². The summed E-state index contributed by atoms with van der Waals surface area (Å²) < 4.78 is 11.4. The molecule has 0 spiro atoms. The topological polar surface area (TPSA) is 30.5 Å². The minimum absolute atomic E-state index is 0.139. The van der Waals surface area contributed by atoms with Crippen molar-refractivity contribution in [3.63, 3.8) is 0 Å². The van der Waals surface area contributed by atoms with Crippen LogP contribution in [0.25, 0.3) is 10.8 Å². The van der Waals surface area contributed by atoms with Gasteiger partial charge in [-0.15, -0.1) is 0 Å².